The van der Waals surface area contributed by atoms with E-state index in [0.29, 0.717) is 47.3 Å². The van der Waals surface area contributed by atoms with Gasteiger partial charge in [-0.25, -0.2) is 4.68 Å². The molecule has 13 heteroatoms. The van der Waals surface area contributed by atoms with Gasteiger partial charge in [0, 0.05) is 51.3 Å². The van der Waals surface area contributed by atoms with E-state index in [4.69, 9.17) is 0 Å². The summed E-state index contributed by atoms with van der Waals surface area (Å²) < 4.78 is 1.78. The third-order valence-corrected chi connectivity index (χ3v) is 10.6. The van der Waals surface area contributed by atoms with E-state index in [-0.39, 0.29) is 35.6 Å². The molecule has 5 heterocycles. The second-order valence-electron chi connectivity index (χ2n) is 13.1. The van der Waals surface area contributed by atoms with Gasteiger partial charge in [0.05, 0.1) is 11.9 Å². The Labute approximate surface area is 301 Å². The van der Waals surface area contributed by atoms with Crippen molar-refractivity contribution < 1.29 is 19.2 Å². The zero-order valence-corrected chi connectivity index (χ0v) is 30.6. The van der Waals surface area contributed by atoms with Crippen LogP contribution in [0.25, 0.3) is 0 Å². The van der Waals surface area contributed by atoms with Crippen LogP contribution in [-0.4, -0.2) is 94.4 Å². The van der Waals surface area contributed by atoms with Gasteiger partial charge < -0.3 is 20.0 Å². The normalized spacial score (nSPS) is 19.4. The number of fused-ring (bicyclic) bond motifs is 1. The lowest BCUT2D eigenvalue weighted by atomic mass is 9.85. The molecule has 0 radical (unpaired) electrons. The number of hydrogen-bond donors (Lipinski definition) is 2. The molecule has 0 spiro atoms. The first kappa shape index (κ1) is 36.9. The van der Waals surface area contributed by atoms with Gasteiger partial charge in [0.25, 0.3) is 17.4 Å². The number of piperidine rings is 3. The fourth-order valence-corrected chi connectivity index (χ4v) is 7.44. The van der Waals surface area contributed by atoms with Crippen molar-refractivity contribution in [1.82, 2.24) is 29.8 Å². The molecule has 4 aliphatic heterocycles. The Balaban J connectivity index is 0.000000220. The molecule has 1 aromatic heterocycles. The van der Waals surface area contributed by atoms with E-state index >= 15 is 0 Å². The van der Waals surface area contributed by atoms with Gasteiger partial charge in [0.15, 0.2) is 0 Å². The first-order valence-electron chi connectivity index (χ1n) is 17.3. The first-order chi connectivity index (χ1) is 24.1. The highest BCUT2D eigenvalue weighted by atomic mass is 79.9. The summed E-state index contributed by atoms with van der Waals surface area (Å²) in [6, 6.07) is 14.5. The van der Waals surface area contributed by atoms with Crippen LogP contribution >= 0.6 is 15.9 Å². The molecule has 266 valence electrons. The number of rotatable bonds is 4. The summed E-state index contributed by atoms with van der Waals surface area (Å²) in [6.07, 6.45) is 8.14. The van der Waals surface area contributed by atoms with Gasteiger partial charge >= 0.3 is 0 Å². The van der Waals surface area contributed by atoms with Crippen LogP contribution in [0.2, 0.25) is 0 Å². The number of anilines is 1. The van der Waals surface area contributed by atoms with Crippen LogP contribution in [0.3, 0.4) is 0 Å². The molecule has 1 unspecified atom stereocenters. The highest BCUT2D eigenvalue weighted by Crippen LogP contribution is 2.37. The van der Waals surface area contributed by atoms with Crippen molar-refractivity contribution in [3.8, 4) is 0 Å². The van der Waals surface area contributed by atoms with Crippen LogP contribution in [0.4, 0.5) is 5.69 Å². The Kier molecular flexibility index (Phi) is 12.6. The van der Waals surface area contributed by atoms with Crippen LogP contribution in [-0.2, 0) is 23.2 Å². The number of benzene rings is 2. The number of aryl methyl sites for hydroxylation is 1. The van der Waals surface area contributed by atoms with Gasteiger partial charge in [-0.2, -0.15) is 5.10 Å². The molecule has 2 N–H and O–H groups in total. The van der Waals surface area contributed by atoms with Crippen molar-refractivity contribution in [2.45, 2.75) is 63.5 Å². The highest BCUT2D eigenvalue weighted by molar-refractivity contribution is 9.10. The van der Waals surface area contributed by atoms with E-state index in [0.717, 1.165) is 24.0 Å². The topological polar surface area (TPSA) is 137 Å². The van der Waals surface area contributed by atoms with E-state index < -0.39 is 11.9 Å². The molecule has 50 heavy (non-hydrogen) atoms. The molecule has 3 saturated heterocycles. The molecule has 3 aromatic rings. The SMILES string of the molecule is CN1CCCCC1.CNc1cnn(C)c(=O)c1Br.O=C1CCC(N2Cc3c(cccc3C3CCN(C(=O)c4ccccc4)CC3)C2=O)C(=O)N1. The monoisotopic (exact) mass is 747 g/mol. The molecule has 4 amide bonds. The second kappa shape index (κ2) is 17.0. The fraction of sp³-hybridized carbons (Fsp3) is 0.459. The van der Waals surface area contributed by atoms with Gasteiger partial charge in [0.2, 0.25) is 11.8 Å². The molecule has 1 atom stereocenters. The predicted octanol–water partition coefficient (Wildman–Crippen LogP) is 4.15. The number of hydrogen-bond acceptors (Lipinski definition) is 8. The number of nitrogens with one attached hydrogen (secondary N) is 2. The van der Waals surface area contributed by atoms with E-state index in [1.165, 1.54) is 37.0 Å². The molecule has 0 saturated carbocycles. The lowest BCUT2D eigenvalue weighted by Crippen LogP contribution is -2.52. The minimum absolute atomic E-state index is 0.0570. The lowest BCUT2D eigenvalue weighted by molar-refractivity contribution is -0.136. The number of aromatic nitrogens is 2. The summed E-state index contributed by atoms with van der Waals surface area (Å²) in [5.74, 6) is -0.501. The van der Waals surface area contributed by atoms with Gasteiger partial charge in [-0.05, 0) is 103 Å². The summed E-state index contributed by atoms with van der Waals surface area (Å²) in [7, 11) is 5.53. The molecular formula is C37H46BrN7O5. The summed E-state index contributed by atoms with van der Waals surface area (Å²) in [6.45, 7) is 4.37. The predicted molar refractivity (Wildman–Crippen MR) is 195 cm³/mol. The third-order valence-electron chi connectivity index (χ3n) is 9.79. The molecule has 2 aromatic carbocycles. The van der Waals surface area contributed by atoms with Gasteiger partial charge in [-0.15, -0.1) is 0 Å². The maximum Gasteiger partial charge on any atom is 0.282 e. The standard InChI is InChI=1S/C25H25N3O4.C6H8BrN3O.C6H13N/c29-22-10-9-21(23(30)26-22)28-15-20-18(7-4-8-19(20)25(28)32)16-11-13-27(14-12-16)24(31)17-5-2-1-3-6-17;1-8-4-3-9-10(2)6(11)5(4)7;1-7-5-3-2-4-6-7/h1-8,16,21H,9-15H2,(H,26,29,30);3,8H,1-2H3;2-6H2,1H3. The van der Waals surface area contributed by atoms with E-state index in [1.807, 2.05) is 47.4 Å². The smallest absolute Gasteiger partial charge is 0.282 e. The van der Waals surface area contributed by atoms with E-state index in [9.17, 15) is 24.0 Å². The summed E-state index contributed by atoms with van der Waals surface area (Å²) in [4.78, 5) is 66.7. The molecule has 0 aliphatic carbocycles. The Morgan fingerprint density at radius 2 is 1.60 bits per heavy atom. The van der Waals surface area contributed by atoms with Crippen molar-refractivity contribution in [3.05, 3.63) is 91.8 Å². The quantitative estimate of drug-likeness (QED) is 0.380. The largest absolute Gasteiger partial charge is 0.386 e. The van der Waals surface area contributed by atoms with Crippen molar-refractivity contribution in [2.75, 3.05) is 45.6 Å². The van der Waals surface area contributed by atoms with E-state index in [2.05, 4.69) is 49.7 Å². The maximum absolute atomic E-state index is 13.1. The highest BCUT2D eigenvalue weighted by Gasteiger charge is 2.40. The average molecular weight is 749 g/mol. The summed E-state index contributed by atoms with van der Waals surface area (Å²) in [5, 5.41) is 9.01. The number of halogens is 1. The number of likely N-dealkylation sites (tertiary alicyclic amines) is 2. The first-order valence-corrected chi connectivity index (χ1v) is 18.1. The number of carbonyl (C=O) groups is 4. The van der Waals surface area contributed by atoms with Crippen LogP contribution in [0.15, 0.2) is 64.0 Å². The third kappa shape index (κ3) is 8.67. The van der Waals surface area contributed by atoms with Crippen LogP contribution in [0, 0.1) is 0 Å². The van der Waals surface area contributed by atoms with Crippen LogP contribution in [0.5, 0.6) is 0 Å². The zero-order chi connectivity index (χ0) is 35.8. The zero-order valence-electron chi connectivity index (χ0n) is 29.0. The minimum atomic E-state index is -0.606. The Morgan fingerprint density at radius 3 is 2.22 bits per heavy atom. The van der Waals surface area contributed by atoms with Crippen LogP contribution < -0.4 is 16.2 Å². The van der Waals surface area contributed by atoms with Crippen molar-refractivity contribution in [1.29, 1.82) is 0 Å². The molecule has 0 bridgehead atoms. The van der Waals surface area contributed by atoms with E-state index in [1.54, 1.807) is 25.2 Å². The van der Waals surface area contributed by atoms with Gasteiger partial charge in [-0.1, -0.05) is 36.8 Å². The fourth-order valence-electron chi connectivity index (χ4n) is 6.89. The Hall–Kier alpha value is -4.36. The molecule has 4 aliphatic rings. The lowest BCUT2D eigenvalue weighted by Gasteiger charge is -2.33. The average Bonchev–Trinajstić information content (AvgIpc) is 3.47. The number of amides is 4. The van der Waals surface area contributed by atoms with Crippen molar-refractivity contribution in [3.63, 3.8) is 0 Å². The second-order valence-corrected chi connectivity index (χ2v) is 13.9. The minimum Gasteiger partial charge on any atom is -0.386 e. The van der Waals surface area contributed by atoms with Crippen LogP contribution in [0.1, 0.15) is 82.7 Å². The molecule has 12 nitrogen and oxygen atoms in total. The summed E-state index contributed by atoms with van der Waals surface area (Å²) in [5.41, 5.74) is 4.03. The van der Waals surface area contributed by atoms with Crippen molar-refractivity contribution >= 4 is 45.2 Å². The molecule has 7 rings (SSSR count). The number of carbonyl (C=O) groups excluding carboxylic acids is 4. The molecule has 3 fully saturated rings. The number of nitrogens with zero attached hydrogens (tertiary/aromatic N) is 5. The Bertz CT molecular complexity index is 1750. The molecular weight excluding hydrogens is 702 g/mol. The maximum atomic E-state index is 13.1. The Morgan fingerprint density at radius 1 is 0.900 bits per heavy atom. The van der Waals surface area contributed by atoms with Gasteiger partial charge in [-0.3, -0.25) is 29.3 Å². The number of imide groups is 1. The van der Waals surface area contributed by atoms with Crippen molar-refractivity contribution in [2.24, 2.45) is 7.05 Å². The summed E-state index contributed by atoms with van der Waals surface area (Å²) >= 11 is 3.16. The van der Waals surface area contributed by atoms with Gasteiger partial charge in [0.1, 0.15) is 10.5 Å².